The Kier molecular flexibility index (Phi) is 7.12. The second kappa shape index (κ2) is 11.0. The third-order valence-corrected chi connectivity index (χ3v) is 7.12. The van der Waals surface area contributed by atoms with Gasteiger partial charge in [-0.3, -0.25) is 9.58 Å². The Labute approximate surface area is 226 Å². The quantitative estimate of drug-likeness (QED) is 0.421. The maximum atomic E-state index is 6.49. The van der Waals surface area contributed by atoms with Crippen LogP contribution in [0.15, 0.2) is 36.9 Å². The van der Waals surface area contributed by atoms with E-state index in [2.05, 4.69) is 36.9 Å². The van der Waals surface area contributed by atoms with Gasteiger partial charge in [-0.1, -0.05) is 0 Å². The number of nitrogens with one attached hydrogen (secondary N) is 1. The number of ether oxygens (including phenoxy) is 3. The van der Waals surface area contributed by atoms with Crippen LogP contribution in [0.2, 0.25) is 0 Å². The zero-order valence-corrected chi connectivity index (χ0v) is 22.5. The molecule has 4 bridgehead atoms. The molecule has 1 atom stereocenters. The zero-order valence-electron chi connectivity index (χ0n) is 22.5. The lowest BCUT2D eigenvalue weighted by Gasteiger charge is -2.26. The van der Waals surface area contributed by atoms with Crippen LogP contribution in [-0.2, 0) is 18.3 Å². The van der Waals surface area contributed by atoms with Gasteiger partial charge < -0.3 is 19.5 Å². The van der Waals surface area contributed by atoms with E-state index in [1.54, 1.807) is 23.1 Å². The standard InChI is InChI=1S/C27H33N9O3/c1-18-5-11-38-27-22(17-30-34(27)3)26-28-6-4-24(33-26)32-25-14-23(39-18)21(15-29-25)20-16-31-36(19(20)2)8-7-35-9-12-37-13-10-35/h4,6,14-18H,5,7-13H2,1-3H3,(H,28,29,32,33)/t18-/m0/s1. The van der Waals surface area contributed by atoms with Gasteiger partial charge in [0.2, 0.25) is 5.88 Å². The molecule has 0 unspecified atom stereocenters. The van der Waals surface area contributed by atoms with Crippen molar-refractivity contribution in [1.82, 2.24) is 39.4 Å². The number of morpholine rings is 1. The summed E-state index contributed by atoms with van der Waals surface area (Å²) < 4.78 is 21.8. The summed E-state index contributed by atoms with van der Waals surface area (Å²) in [5, 5.41) is 12.3. The van der Waals surface area contributed by atoms with Crippen LogP contribution in [0, 0.1) is 6.92 Å². The van der Waals surface area contributed by atoms with Crippen molar-refractivity contribution in [2.24, 2.45) is 7.05 Å². The fraction of sp³-hybridized carbons (Fsp3) is 0.444. The fourth-order valence-electron chi connectivity index (χ4n) is 4.84. The SMILES string of the molecule is Cc1c(-c2cnc3cc2O[C@@H](C)CCOc2c(cnn2C)-c2nccc(n2)N3)cnn1CCN1CCOCC1. The molecule has 39 heavy (non-hydrogen) atoms. The maximum Gasteiger partial charge on any atom is 0.222 e. The van der Waals surface area contributed by atoms with E-state index in [-0.39, 0.29) is 6.10 Å². The number of hydrogen-bond acceptors (Lipinski definition) is 10. The average molecular weight is 532 g/mol. The summed E-state index contributed by atoms with van der Waals surface area (Å²) in [4.78, 5) is 16.2. The van der Waals surface area contributed by atoms with E-state index in [0.29, 0.717) is 36.4 Å². The minimum Gasteiger partial charge on any atom is -0.490 e. The van der Waals surface area contributed by atoms with Gasteiger partial charge >= 0.3 is 0 Å². The number of hydrogen-bond donors (Lipinski definition) is 1. The predicted molar refractivity (Wildman–Crippen MR) is 145 cm³/mol. The van der Waals surface area contributed by atoms with Crippen LogP contribution in [0.25, 0.3) is 22.5 Å². The van der Waals surface area contributed by atoms with Gasteiger partial charge in [-0.05, 0) is 19.9 Å². The molecule has 2 aliphatic heterocycles. The first-order chi connectivity index (χ1) is 19.0. The number of rotatable bonds is 4. The smallest absolute Gasteiger partial charge is 0.222 e. The van der Waals surface area contributed by atoms with E-state index in [9.17, 15) is 0 Å². The topological polar surface area (TPSA) is 117 Å². The number of fused-ring (bicyclic) bond motifs is 6. The number of anilines is 2. The Morgan fingerprint density at radius 2 is 1.82 bits per heavy atom. The fourth-order valence-corrected chi connectivity index (χ4v) is 4.84. The molecule has 1 saturated heterocycles. The lowest BCUT2D eigenvalue weighted by Crippen LogP contribution is -2.38. The highest BCUT2D eigenvalue weighted by Gasteiger charge is 2.20. The summed E-state index contributed by atoms with van der Waals surface area (Å²) in [6.07, 6.45) is 7.73. The Balaban J connectivity index is 1.30. The van der Waals surface area contributed by atoms with Gasteiger partial charge in [0.25, 0.3) is 0 Å². The molecule has 204 valence electrons. The molecule has 4 aromatic heterocycles. The second-order valence-corrected chi connectivity index (χ2v) is 9.83. The summed E-state index contributed by atoms with van der Waals surface area (Å²) in [5.41, 5.74) is 3.70. The molecule has 2 aliphatic rings. The van der Waals surface area contributed by atoms with Crippen LogP contribution in [0.3, 0.4) is 0 Å². The molecule has 0 spiro atoms. The molecule has 12 nitrogen and oxygen atoms in total. The van der Waals surface area contributed by atoms with Crippen LogP contribution < -0.4 is 14.8 Å². The summed E-state index contributed by atoms with van der Waals surface area (Å²) in [6.45, 7) is 9.84. The van der Waals surface area contributed by atoms with Crippen molar-refractivity contribution in [2.75, 3.05) is 44.8 Å². The highest BCUT2D eigenvalue weighted by molar-refractivity contribution is 5.73. The van der Waals surface area contributed by atoms with Crippen LogP contribution in [0.4, 0.5) is 11.6 Å². The molecule has 6 heterocycles. The second-order valence-electron chi connectivity index (χ2n) is 9.83. The molecule has 0 aliphatic carbocycles. The summed E-state index contributed by atoms with van der Waals surface area (Å²) >= 11 is 0. The van der Waals surface area contributed by atoms with Crippen LogP contribution in [-0.4, -0.2) is 85.0 Å². The Morgan fingerprint density at radius 1 is 0.974 bits per heavy atom. The average Bonchev–Trinajstić information content (AvgIpc) is 3.50. The molecule has 0 saturated carbocycles. The van der Waals surface area contributed by atoms with E-state index in [0.717, 1.165) is 67.5 Å². The van der Waals surface area contributed by atoms with Gasteiger partial charge in [0.05, 0.1) is 44.9 Å². The third-order valence-electron chi connectivity index (χ3n) is 7.12. The highest BCUT2D eigenvalue weighted by Crippen LogP contribution is 2.35. The first-order valence-corrected chi connectivity index (χ1v) is 13.3. The van der Waals surface area contributed by atoms with Gasteiger partial charge in [0.15, 0.2) is 5.82 Å². The normalized spacial score (nSPS) is 17.9. The van der Waals surface area contributed by atoms with Crippen molar-refractivity contribution in [3.8, 4) is 34.1 Å². The van der Waals surface area contributed by atoms with Crippen LogP contribution in [0.5, 0.6) is 11.6 Å². The van der Waals surface area contributed by atoms with Crippen molar-refractivity contribution in [3.05, 3.63) is 42.6 Å². The molecular weight excluding hydrogens is 498 g/mol. The maximum absolute atomic E-state index is 6.49. The molecule has 1 N–H and O–H groups in total. The Bertz CT molecular complexity index is 1440. The largest absolute Gasteiger partial charge is 0.490 e. The first kappa shape index (κ1) is 25.3. The monoisotopic (exact) mass is 531 g/mol. The van der Waals surface area contributed by atoms with E-state index >= 15 is 0 Å². The number of nitrogens with zero attached hydrogens (tertiary/aromatic N) is 8. The van der Waals surface area contributed by atoms with E-state index in [1.807, 2.05) is 32.4 Å². The minimum atomic E-state index is -0.107. The zero-order chi connectivity index (χ0) is 26.8. The van der Waals surface area contributed by atoms with Gasteiger partial charge in [-0.2, -0.15) is 10.2 Å². The Hall–Kier alpha value is -4.03. The van der Waals surface area contributed by atoms with Crippen molar-refractivity contribution in [1.29, 1.82) is 0 Å². The Morgan fingerprint density at radius 3 is 2.69 bits per heavy atom. The minimum absolute atomic E-state index is 0.107. The number of aryl methyl sites for hydroxylation is 1. The predicted octanol–water partition coefficient (Wildman–Crippen LogP) is 3.07. The van der Waals surface area contributed by atoms with Crippen molar-refractivity contribution < 1.29 is 14.2 Å². The lowest BCUT2D eigenvalue weighted by molar-refractivity contribution is 0.0359. The van der Waals surface area contributed by atoms with E-state index in [4.69, 9.17) is 24.3 Å². The molecule has 0 amide bonds. The summed E-state index contributed by atoms with van der Waals surface area (Å²) in [6, 6.07) is 3.72. The highest BCUT2D eigenvalue weighted by atomic mass is 16.5. The molecule has 1 fully saturated rings. The van der Waals surface area contributed by atoms with E-state index in [1.165, 1.54) is 0 Å². The van der Waals surface area contributed by atoms with Crippen molar-refractivity contribution in [2.45, 2.75) is 32.9 Å². The number of aromatic nitrogens is 7. The van der Waals surface area contributed by atoms with Gasteiger partial charge in [0, 0.05) is 68.4 Å². The molecule has 6 rings (SSSR count). The summed E-state index contributed by atoms with van der Waals surface area (Å²) in [7, 11) is 1.84. The first-order valence-electron chi connectivity index (χ1n) is 13.3. The molecule has 12 heteroatoms. The lowest BCUT2D eigenvalue weighted by atomic mass is 10.1. The third kappa shape index (κ3) is 5.43. The molecule has 0 aromatic carbocycles. The van der Waals surface area contributed by atoms with Crippen molar-refractivity contribution >= 4 is 11.6 Å². The van der Waals surface area contributed by atoms with Crippen LogP contribution >= 0.6 is 0 Å². The van der Waals surface area contributed by atoms with Crippen molar-refractivity contribution in [3.63, 3.8) is 0 Å². The van der Waals surface area contributed by atoms with E-state index < -0.39 is 0 Å². The molecule has 4 aromatic rings. The molecule has 0 radical (unpaired) electrons. The molecular formula is C27H33N9O3. The van der Waals surface area contributed by atoms with Gasteiger partial charge in [-0.25, -0.2) is 19.6 Å². The van der Waals surface area contributed by atoms with Crippen LogP contribution in [0.1, 0.15) is 19.0 Å². The number of pyridine rings is 1. The van der Waals surface area contributed by atoms with Gasteiger partial charge in [0.1, 0.15) is 22.9 Å². The van der Waals surface area contributed by atoms with Gasteiger partial charge in [-0.15, -0.1) is 0 Å². The summed E-state index contributed by atoms with van der Waals surface area (Å²) in [5.74, 6) is 3.11.